The van der Waals surface area contributed by atoms with Crippen molar-refractivity contribution in [1.29, 1.82) is 0 Å². The number of amides is 1. The van der Waals surface area contributed by atoms with E-state index in [2.05, 4.69) is 10.5 Å². The quantitative estimate of drug-likeness (QED) is 0.285. The van der Waals surface area contributed by atoms with Crippen molar-refractivity contribution in [3.05, 3.63) is 51.7 Å². The Morgan fingerprint density at radius 1 is 1.15 bits per heavy atom. The fraction of sp³-hybridized carbons (Fsp3) is 0.333. The predicted octanol–water partition coefficient (Wildman–Crippen LogP) is 4.34. The molecule has 6 nitrogen and oxygen atoms in total. The van der Waals surface area contributed by atoms with Crippen molar-refractivity contribution in [1.82, 2.24) is 10.1 Å². The molecule has 0 aliphatic rings. The third-order valence-electron chi connectivity index (χ3n) is 4.01. The van der Waals surface area contributed by atoms with E-state index in [0.717, 1.165) is 0 Å². The number of halogens is 6. The fourth-order valence-electron chi connectivity index (χ4n) is 2.42. The number of rotatable bonds is 9. The second kappa shape index (κ2) is 10.9. The van der Waals surface area contributed by atoms with Crippen LogP contribution in [0.2, 0.25) is 0 Å². The van der Waals surface area contributed by atoms with Gasteiger partial charge in [0.05, 0.1) is 22.2 Å². The molecular formula is C18H17F6N3O3S3. The fourth-order valence-corrected chi connectivity index (χ4v) is 4.77. The molecule has 182 valence electrons. The van der Waals surface area contributed by atoms with Crippen LogP contribution in [-0.2, 0) is 27.2 Å². The number of hydrogen-bond acceptors (Lipinski definition) is 6. The molecule has 2 aromatic rings. The SMILES string of the molecule is CSCC[C@@H](NS(=O)(=O)c1cc(C(F)(F)F)cc(C(F)(F)F)c1)C(=O)N/N=C\c1cccs1. The number of hydrogen-bond donors (Lipinski definition) is 2. The minimum atomic E-state index is -5.22. The maximum Gasteiger partial charge on any atom is 0.416 e. The molecule has 0 saturated carbocycles. The summed E-state index contributed by atoms with van der Waals surface area (Å²) in [4.78, 5) is 11.8. The molecular weight excluding hydrogens is 516 g/mol. The molecule has 0 aliphatic heterocycles. The third-order valence-corrected chi connectivity index (χ3v) is 6.91. The van der Waals surface area contributed by atoms with Crippen molar-refractivity contribution in [3.8, 4) is 0 Å². The van der Waals surface area contributed by atoms with Crippen LogP contribution in [0.25, 0.3) is 0 Å². The lowest BCUT2D eigenvalue weighted by Gasteiger charge is -2.18. The van der Waals surface area contributed by atoms with Crippen molar-refractivity contribution in [2.75, 3.05) is 12.0 Å². The summed E-state index contributed by atoms with van der Waals surface area (Å²) >= 11 is 2.57. The first-order valence-corrected chi connectivity index (χ1v) is 12.7. The highest BCUT2D eigenvalue weighted by molar-refractivity contribution is 7.98. The number of carbonyl (C=O) groups is 1. The number of alkyl halides is 6. The molecule has 0 bridgehead atoms. The molecule has 0 spiro atoms. The summed E-state index contributed by atoms with van der Waals surface area (Å²) in [5.41, 5.74) is -1.46. The summed E-state index contributed by atoms with van der Waals surface area (Å²) in [7, 11) is -4.94. The average Bonchev–Trinajstić information content (AvgIpc) is 3.22. The van der Waals surface area contributed by atoms with Gasteiger partial charge >= 0.3 is 12.4 Å². The molecule has 0 saturated heterocycles. The first-order valence-electron chi connectivity index (χ1n) is 8.91. The lowest BCUT2D eigenvalue weighted by Crippen LogP contribution is -2.45. The van der Waals surface area contributed by atoms with Gasteiger partial charge in [-0.3, -0.25) is 4.79 Å². The standard InChI is InChI=1S/C18H17F6N3O3S3/c1-31-6-4-15(16(28)26-25-10-13-3-2-5-32-13)27-33(29,30)14-8-11(17(19,20)21)7-12(9-14)18(22,23)24/h2-3,5,7-10,15,27H,4,6H2,1H3,(H,26,28)/b25-10-/t15-/m1/s1. The van der Waals surface area contributed by atoms with Crippen molar-refractivity contribution in [2.24, 2.45) is 5.10 Å². The number of nitrogens with one attached hydrogen (secondary N) is 2. The van der Waals surface area contributed by atoms with Crippen LogP contribution in [-0.4, -0.2) is 38.6 Å². The largest absolute Gasteiger partial charge is 0.416 e. The van der Waals surface area contributed by atoms with Crippen molar-refractivity contribution in [2.45, 2.75) is 29.7 Å². The average molecular weight is 534 g/mol. The minimum Gasteiger partial charge on any atom is -0.271 e. The second-order valence-electron chi connectivity index (χ2n) is 6.45. The van der Waals surface area contributed by atoms with Gasteiger partial charge in [0.25, 0.3) is 5.91 Å². The highest BCUT2D eigenvalue weighted by Crippen LogP contribution is 2.37. The van der Waals surface area contributed by atoms with Crippen LogP contribution in [0.15, 0.2) is 45.7 Å². The van der Waals surface area contributed by atoms with Crippen LogP contribution in [0, 0.1) is 0 Å². The summed E-state index contributed by atoms with van der Waals surface area (Å²) in [5.74, 6) is -0.658. The van der Waals surface area contributed by atoms with Gasteiger partial charge in [-0.05, 0) is 48.1 Å². The molecule has 0 radical (unpaired) electrons. The smallest absolute Gasteiger partial charge is 0.271 e. The number of benzene rings is 1. The summed E-state index contributed by atoms with van der Waals surface area (Å²) in [5, 5.41) is 5.44. The van der Waals surface area contributed by atoms with Gasteiger partial charge in [-0.1, -0.05) is 6.07 Å². The van der Waals surface area contributed by atoms with Crippen LogP contribution in [0.5, 0.6) is 0 Å². The molecule has 1 heterocycles. The first kappa shape index (κ1) is 27.1. The molecule has 1 aromatic heterocycles. The normalized spacial score (nSPS) is 13.9. The van der Waals surface area contributed by atoms with Gasteiger partial charge in [0, 0.05) is 4.88 Å². The minimum absolute atomic E-state index is 0.0794. The van der Waals surface area contributed by atoms with Crippen molar-refractivity contribution < 1.29 is 39.6 Å². The lowest BCUT2D eigenvalue weighted by molar-refractivity contribution is -0.143. The van der Waals surface area contributed by atoms with Gasteiger partial charge in [-0.15, -0.1) is 11.3 Å². The number of hydrazone groups is 1. The van der Waals surface area contributed by atoms with E-state index in [1.807, 2.05) is 4.72 Å². The molecule has 2 rings (SSSR count). The Balaban J connectivity index is 2.34. The molecule has 0 fully saturated rings. The zero-order valence-corrected chi connectivity index (χ0v) is 19.1. The van der Waals surface area contributed by atoms with E-state index in [0.29, 0.717) is 4.88 Å². The second-order valence-corrected chi connectivity index (χ2v) is 10.1. The highest BCUT2D eigenvalue weighted by atomic mass is 32.2. The zero-order valence-electron chi connectivity index (χ0n) is 16.7. The van der Waals surface area contributed by atoms with Gasteiger partial charge in [-0.25, -0.2) is 13.8 Å². The van der Waals surface area contributed by atoms with Crippen molar-refractivity contribution in [3.63, 3.8) is 0 Å². The van der Waals surface area contributed by atoms with Crippen LogP contribution < -0.4 is 10.1 Å². The number of thiophene rings is 1. The first-order chi connectivity index (χ1) is 15.2. The van der Waals surface area contributed by atoms with Crippen LogP contribution in [0.3, 0.4) is 0 Å². The predicted molar refractivity (Wildman–Crippen MR) is 114 cm³/mol. The summed E-state index contributed by atoms with van der Waals surface area (Å²) in [6.45, 7) is 0. The maximum atomic E-state index is 13.1. The molecule has 2 N–H and O–H groups in total. The Bertz CT molecular complexity index is 1050. The third kappa shape index (κ3) is 8.01. The Morgan fingerprint density at radius 2 is 1.76 bits per heavy atom. The number of sulfonamides is 1. The van der Waals surface area contributed by atoms with Crippen LogP contribution in [0.1, 0.15) is 22.4 Å². The van der Waals surface area contributed by atoms with Crippen molar-refractivity contribution >= 4 is 45.2 Å². The van der Waals surface area contributed by atoms with E-state index < -0.39 is 50.3 Å². The summed E-state index contributed by atoms with van der Waals surface area (Å²) < 4.78 is 106. The molecule has 1 atom stereocenters. The molecule has 15 heteroatoms. The lowest BCUT2D eigenvalue weighted by atomic mass is 10.1. The van der Waals surface area contributed by atoms with Crippen LogP contribution >= 0.6 is 23.1 Å². The van der Waals surface area contributed by atoms with E-state index in [4.69, 9.17) is 0 Å². The van der Waals surface area contributed by atoms with Gasteiger partial charge < -0.3 is 0 Å². The zero-order chi connectivity index (χ0) is 24.9. The topological polar surface area (TPSA) is 87.6 Å². The van der Waals surface area contributed by atoms with E-state index in [9.17, 15) is 39.6 Å². The number of carbonyl (C=O) groups excluding carboxylic acids is 1. The Labute approximate surface area is 193 Å². The summed E-state index contributed by atoms with van der Waals surface area (Å²) in [6, 6.07) is 1.91. The van der Waals surface area contributed by atoms with Gasteiger partial charge in [-0.2, -0.15) is 47.9 Å². The van der Waals surface area contributed by atoms with Gasteiger partial charge in [0.2, 0.25) is 10.0 Å². The highest BCUT2D eigenvalue weighted by Gasteiger charge is 2.38. The Kier molecular flexibility index (Phi) is 8.95. The number of thioether (sulfide) groups is 1. The molecule has 1 aromatic carbocycles. The van der Waals surface area contributed by atoms with E-state index in [1.165, 1.54) is 29.3 Å². The summed E-state index contributed by atoms with van der Waals surface area (Å²) in [6.07, 6.45) is -7.58. The molecule has 0 unspecified atom stereocenters. The van der Waals surface area contributed by atoms with Gasteiger partial charge in [0.1, 0.15) is 6.04 Å². The van der Waals surface area contributed by atoms with Crippen LogP contribution in [0.4, 0.5) is 26.3 Å². The van der Waals surface area contributed by atoms with Gasteiger partial charge in [0.15, 0.2) is 0 Å². The van der Waals surface area contributed by atoms with E-state index in [1.54, 1.807) is 23.8 Å². The molecule has 33 heavy (non-hydrogen) atoms. The maximum absolute atomic E-state index is 13.1. The monoisotopic (exact) mass is 533 g/mol. The Hall–Kier alpha value is -2.10. The molecule has 1 amide bonds. The molecule has 0 aliphatic carbocycles. The Morgan fingerprint density at radius 3 is 2.24 bits per heavy atom. The van der Waals surface area contributed by atoms with E-state index in [-0.39, 0.29) is 30.4 Å². The van der Waals surface area contributed by atoms with E-state index >= 15 is 0 Å². The number of nitrogens with zero attached hydrogens (tertiary/aromatic N) is 1.